The lowest BCUT2D eigenvalue weighted by molar-refractivity contribution is -0.148. The van der Waals surface area contributed by atoms with Crippen LogP contribution in [0.2, 0.25) is 0 Å². The second-order valence-corrected chi connectivity index (χ2v) is 12.5. The molecule has 1 atom stereocenters. The highest BCUT2D eigenvalue weighted by atomic mass is 16.5. The van der Waals surface area contributed by atoms with E-state index in [1.165, 1.54) is 122 Å². The van der Waals surface area contributed by atoms with Gasteiger partial charge in [0, 0.05) is 12.8 Å². The van der Waals surface area contributed by atoms with E-state index in [9.17, 15) is 9.59 Å². The highest BCUT2D eigenvalue weighted by Crippen LogP contribution is 2.15. The number of carboxylic acids is 1. The summed E-state index contributed by atoms with van der Waals surface area (Å²) < 4.78 is 5.61. The first kappa shape index (κ1) is 40.4. The molecule has 0 rings (SSSR count). The van der Waals surface area contributed by atoms with Gasteiger partial charge in [-0.05, 0) is 64.7 Å². The molecule has 42 heavy (non-hydrogen) atoms. The minimum absolute atomic E-state index is 0.0180. The van der Waals surface area contributed by atoms with Crippen LogP contribution in [0.25, 0.3) is 0 Å². The quantitative estimate of drug-likeness (QED) is 0.0469. The zero-order chi connectivity index (χ0) is 30.8. The first-order chi connectivity index (χ1) is 20.6. The van der Waals surface area contributed by atoms with Crippen molar-refractivity contribution in [3.63, 3.8) is 0 Å². The lowest BCUT2D eigenvalue weighted by Crippen LogP contribution is -2.14. The number of hydrogen-bond acceptors (Lipinski definition) is 3. The van der Waals surface area contributed by atoms with Gasteiger partial charge in [-0.1, -0.05) is 147 Å². The molecule has 0 bridgehead atoms. The summed E-state index contributed by atoms with van der Waals surface area (Å²) in [4.78, 5) is 22.6. The van der Waals surface area contributed by atoms with E-state index in [2.05, 4.69) is 31.2 Å². The molecule has 4 heteroatoms. The van der Waals surface area contributed by atoms with Crippen molar-refractivity contribution in [2.24, 2.45) is 0 Å². The van der Waals surface area contributed by atoms with Crippen LogP contribution >= 0.6 is 0 Å². The van der Waals surface area contributed by atoms with E-state index in [0.717, 1.165) is 51.4 Å². The van der Waals surface area contributed by atoms with Crippen molar-refractivity contribution in [2.45, 2.75) is 206 Å². The molecule has 4 nitrogen and oxygen atoms in total. The molecule has 0 saturated heterocycles. The standard InChI is InChI=1S/C38H70O4/c1-3-4-5-6-7-8-9-10-11-12-13-14-15-16-17-18-19-23-26-29-32-35-38(41)42-36(2)33-30-27-24-21-20-22-25-28-31-34-37(39)40/h7-8,10-11,36H,3-6,9,12-35H2,1-2H3,(H,39,40)/b8-7-,11-10-. The molecule has 0 aliphatic rings. The summed E-state index contributed by atoms with van der Waals surface area (Å²) in [7, 11) is 0. The van der Waals surface area contributed by atoms with Crippen LogP contribution in [0.5, 0.6) is 0 Å². The minimum atomic E-state index is -0.682. The first-order valence-electron chi connectivity index (χ1n) is 18.3. The lowest BCUT2D eigenvalue weighted by atomic mass is 10.0. The molecular formula is C38H70O4. The van der Waals surface area contributed by atoms with E-state index in [4.69, 9.17) is 9.84 Å². The Kier molecular flexibility index (Phi) is 32.6. The maximum atomic E-state index is 12.1. The maximum Gasteiger partial charge on any atom is 0.306 e. The summed E-state index contributed by atoms with van der Waals surface area (Å²) in [6.45, 7) is 4.29. The minimum Gasteiger partial charge on any atom is -0.481 e. The molecule has 0 fully saturated rings. The Morgan fingerprint density at radius 1 is 0.548 bits per heavy atom. The summed E-state index contributed by atoms with van der Waals surface area (Å²) in [6, 6.07) is 0. The predicted octanol–water partition coefficient (Wildman–Crippen LogP) is 12.4. The number of aliphatic carboxylic acids is 1. The van der Waals surface area contributed by atoms with Crippen molar-refractivity contribution in [1.82, 2.24) is 0 Å². The van der Waals surface area contributed by atoms with Crippen molar-refractivity contribution >= 4 is 11.9 Å². The molecule has 0 amide bonds. The molecule has 0 aliphatic heterocycles. The van der Waals surface area contributed by atoms with Gasteiger partial charge in [0.05, 0.1) is 6.10 Å². The second kappa shape index (κ2) is 33.9. The third-order valence-corrected chi connectivity index (χ3v) is 8.17. The van der Waals surface area contributed by atoms with Crippen LogP contribution in [0, 0.1) is 0 Å². The van der Waals surface area contributed by atoms with Crippen LogP contribution in [-0.4, -0.2) is 23.1 Å². The third-order valence-electron chi connectivity index (χ3n) is 8.17. The molecule has 0 aromatic heterocycles. The molecular weight excluding hydrogens is 520 g/mol. The van der Waals surface area contributed by atoms with Gasteiger partial charge >= 0.3 is 11.9 Å². The monoisotopic (exact) mass is 591 g/mol. The zero-order valence-electron chi connectivity index (χ0n) is 28.1. The number of carboxylic acid groups (broad SMARTS) is 1. The number of carbonyl (C=O) groups excluding carboxylic acids is 1. The van der Waals surface area contributed by atoms with Crippen LogP contribution in [0.3, 0.4) is 0 Å². The normalized spacial score (nSPS) is 12.4. The zero-order valence-corrected chi connectivity index (χ0v) is 28.1. The lowest BCUT2D eigenvalue weighted by Gasteiger charge is -2.13. The molecule has 246 valence electrons. The fraction of sp³-hybridized carbons (Fsp3) is 0.842. The van der Waals surface area contributed by atoms with E-state index in [1.807, 2.05) is 6.92 Å². The maximum absolute atomic E-state index is 12.1. The Bertz CT molecular complexity index is 639. The molecule has 1 N–H and O–H groups in total. The van der Waals surface area contributed by atoms with E-state index in [-0.39, 0.29) is 12.1 Å². The first-order valence-corrected chi connectivity index (χ1v) is 18.3. The summed E-state index contributed by atoms with van der Waals surface area (Å²) in [6.07, 6.45) is 43.2. The smallest absolute Gasteiger partial charge is 0.306 e. The van der Waals surface area contributed by atoms with Crippen LogP contribution in [-0.2, 0) is 14.3 Å². The van der Waals surface area contributed by atoms with Gasteiger partial charge < -0.3 is 9.84 Å². The Morgan fingerprint density at radius 3 is 1.43 bits per heavy atom. The average molecular weight is 591 g/mol. The van der Waals surface area contributed by atoms with Gasteiger partial charge in [0.25, 0.3) is 0 Å². The van der Waals surface area contributed by atoms with Crippen LogP contribution in [0.1, 0.15) is 200 Å². The van der Waals surface area contributed by atoms with Gasteiger partial charge in [-0.25, -0.2) is 0 Å². The van der Waals surface area contributed by atoms with Gasteiger partial charge in [0.2, 0.25) is 0 Å². The SMILES string of the molecule is CCCCC/C=C\C/C=C\CCCCCCCCCCCCCC(=O)OC(C)CCCCCCCCCCCC(=O)O. The van der Waals surface area contributed by atoms with E-state index in [1.54, 1.807) is 0 Å². The molecule has 0 aromatic rings. The number of unbranched alkanes of at least 4 members (excludes halogenated alkanes) is 22. The average Bonchev–Trinajstić information content (AvgIpc) is 2.96. The fourth-order valence-corrected chi connectivity index (χ4v) is 5.43. The Balaban J connectivity index is 3.32. The highest BCUT2D eigenvalue weighted by molar-refractivity contribution is 5.69. The Morgan fingerprint density at radius 2 is 0.952 bits per heavy atom. The largest absolute Gasteiger partial charge is 0.481 e. The summed E-state index contributed by atoms with van der Waals surface area (Å²) >= 11 is 0. The van der Waals surface area contributed by atoms with Crippen LogP contribution < -0.4 is 0 Å². The van der Waals surface area contributed by atoms with Crippen molar-refractivity contribution in [1.29, 1.82) is 0 Å². The highest BCUT2D eigenvalue weighted by Gasteiger charge is 2.09. The van der Waals surface area contributed by atoms with Crippen molar-refractivity contribution < 1.29 is 19.4 Å². The van der Waals surface area contributed by atoms with E-state index in [0.29, 0.717) is 12.8 Å². The molecule has 0 saturated carbocycles. The van der Waals surface area contributed by atoms with Gasteiger partial charge in [-0.15, -0.1) is 0 Å². The molecule has 0 heterocycles. The molecule has 0 aromatic carbocycles. The number of allylic oxidation sites excluding steroid dienone is 4. The van der Waals surface area contributed by atoms with Crippen LogP contribution in [0.4, 0.5) is 0 Å². The Hall–Kier alpha value is -1.58. The summed E-state index contributed by atoms with van der Waals surface area (Å²) in [5.41, 5.74) is 0. The van der Waals surface area contributed by atoms with Crippen molar-refractivity contribution in [3.05, 3.63) is 24.3 Å². The second-order valence-electron chi connectivity index (χ2n) is 12.5. The van der Waals surface area contributed by atoms with E-state index < -0.39 is 5.97 Å². The third kappa shape index (κ3) is 34.6. The molecule has 0 aliphatic carbocycles. The van der Waals surface area contributed by atoms with Crippen LogP contribution in [0.15, 0.2) is 24.3 Å². The Labute approximate surface area is 261 Å². The van der Waals surface area contributed by atoms with Gasteiger partial charge in [0.15, 0.2) is 0 Å². The summed E-state index contributed by atoms with van der Waals surface area (Å²) in [5.74, 6) is -0.700. The molecule has 1 unspecified atom stereocenters. The predicted molar refractivity (Wildman–Crippen MR) is 181 cm³/mol. The van der Waals surface area contributed by atoms with Gasteiger partial charge in [-0.2, -0.15) is 0 Å². The van der Waals surface area contributed by atoms with Crippen molar-refractivity contribution in [3.8, 4) is 0 Å². The van der Waals surface area contributed by atoms with Crippen molar-refractivity contribution in [2.75, 3.05) is 0 Å². The molecule has 0 spiro atoms. The fourth-order valence-electron chi connectivity index (χ4n) is 5.43. The van der Waals surface area contributed by atoms with Gasteiger partial charge in [0.1, 0.15) is 0 Å². The molecule has 0 radical (unpaired) electrons. The summed E-state index contributed by atoms with van der Waals surface area (Å²) in [5, 5.41) is 8.64. The number of rotatable bonds is 33. The topological polar surface area (TPSA) is 63.6 Å². The number of ether oxygens (including phenoxy) is 1. The number of esters is 1. The van der Waals surface area contributed by atoms with Gasteiger partial charge in [-0.3, -0.25) is 9.59 Å². The number of hydrogen-bond donors (Lipinski definition) is 1. The van der Waals surface area contributed by atoms with E-state index >= 15 is 0 Å². The number of carbonyl (C=O) groups is 2.